The number of benzene rings is 2. The van der Waals surface area contributed by atoms with Crippen LogP contribution >= 0.6 is 15.9 Å². The maximum Gasteiger partial charge on any atom is 0.270 e. The summed E-state index contributed by atoms with van der Waals surface area (Å²) in [5.74, 6) is 9.99. The van der Waals surface area contributed by atoms with Crippen molar-refractivity contribution in [2.75, 3.05) is 63.5 Å². The van der Waals surface area contributed by atoms with Crippen LogP contribution in [0.4, 0.5) is 11.6 Å². The number of ether oxygens (including phenoxy) is 6. The van der Waals surface area contributed by atoms with Gasteiger partial charge in [-0.2, -0.15) is 0 Å². The number of carbonyl (C=O) groups excluding carboxylic acids is 4. The lowest BCUT2D eigenvalue weighted by molar-refractivity contribution is -0.121. The van der Waals surface area contributed by atoms with Crippen LogP contribution in [0.15, 0.2) is 126 Å². The van der Waals surface area contributed by atoms with E-state index in [1.165, 1.54) is 40.5 Å². The van der Waals surface area contributed by atoms with Crippen LogP contribution in [0, 0.1) is 24.2 Å². The van der Waals surface area contributed by atoms with Crippen LogP contribution in [-0.4, -0.2) is 131 Å². The van der Waals surface area contributed by atoms with Crippen LogP contribution in [0.5, 0.6) is 34.5 Å². The summed E-state index contributed by atoms with van der Waals surface area (Å²) in [7, 11) is 3.14. The number of anilines is 2. The average molecular weight is 1140 g/mol. The minimum atomic E-state index is -1.15. The molecule has 79 heavy (non-hydrogen) atoms. The van der Waals surface area contributed by atoms with Crippen molar-refractivity contribution in [1.82, 2.24) is 30.6 Å². The summed E-state index contributed by atoms with van der Waals surface area (Å²) in [5, 5.41) is 25.4. The number of hydrogen-bond donors (Lipinski definition) is 4. The lowest BCUT2D eigenvalue weighted by atomic mass is 9.95. The van der Waals surface area contributed by atoms with E-state index in [-0.39, 0.29) is 51.2 Å². The lowest BCUT2D eigenvalue weighted by Gasteiger charge is -2.26. The molecule has 0 bridgehead atoms. The van der Waals surface area contributed by atoms with E-state index in [9.17, 15) is 29.4 Å². The Labute approximate surface area is 466 Å². The van der Waals surface area contributed by atoms with Crippen LogP contribution in [0.3, 0.4) is 0 Å². The van der Waals surface area contributed by atoms with E-state index < -0.39 is 41.0 Å². The van der Waals surface area contributed by atoms with E-state index >= 15 is 0 Å². The number of carbonyl (C=O) groups is 4. The van der Waals surface area contributed by atoms with E-state index in [1.807, 2.05) is 36.4 Å². The Balaban J connectivity index is 0.000000219. The molecule has 4 amide bonds. The second-order valence-corrected chi connectivity index (χ2v) is 18.5. The molecular formula is C58H61BrN8O12. The van der Waals surface area contributed by atoms with Gasteiger partial charge in [-0.25, -0.2) is 9.97 Å². The van der Waals surface area contributed by atoms with Gasteiger partial charge in [0.25, 0.3) is 23.6 Å². The van der Waals surface area contributed by atoms with E-state index in [0.29, 0.717) is 102 Å². The fourth-order valence-corrected chi connectivity index (χ4v) is 8.26. The summed E-state index contributed by atoms with van der Waals surface area (Å²) >= 11 is 3.39. The van der Waals surface area contributed by atoms with Gasteiger partial charge >= 0.3 is 0 Å². The number of pyridine rings is 4. The van der Waals surface area contributed by atoms with Crippen LogP contribution < -0.4 is 39.4 Å². The molecule has 412 valence electrons. The highest BCUT2D eigenvalue weighted by Crippen LogP contribution is 2.36. The third-order valence-electron chi connectivity index (χ3n) is 12.2. The van der Waals surface area contributed by atoms with Gasteiger partial charge in [-0.1, -0.05) is 69.0 Å². The maximum atomic E-state index is 13.2. The van der Waals surface area contributed by atoms with Crippen molar-refractivity contribution in [1.29, 1.82) is 0 Å². The predicted octanol–water partition coefficient (Wildman–Crippen LogP) is 6.93. The number of aromatic nitrogens is 4. The standard InChI is InChI=1S/C28H26N4O6.C21H17BrN4O4.C7H10O2.2CH4/c1-32-25-24(19(8-13-30-25)7-10-28(35)11-15-36-16-12-28)37-18-23(27(32)34)31-26(33)22-17-21(9-14-29-22)38-20-5-3-2-4-6-20;1-26-19-18(15(22)8-10-24-19)29-12-17(21(26)28)25-20(27)16-11-14(7-9-23-16)30-13-5-3-2-4-6-13;1-2-7(8)3-5-9-6-4-7;;/h2-6,8-9,13-14,17,23,35H,11-12,15-16,18H2,1H3,(H,31,33);2-11,17H,12H2,1H3,(H,25,27);1,8H,3-6H2;2*1H4/t23-;17-;;;/m00.../s1. The summed E-state index contributed by atoms with van der Waals surface area (Å²) in [6.45, 7) is 1.87. The second-order valence-electron chi connectivity index (χ2n) is 17.7. The Morgan fingerprint density at radius 1 is 0.633 bits per heavy atom. The number of rotatable bonds is 8. The highest BCUT2D eigenvalue weighted by molar-refractivity contribution is 9.10. The molecule has 0 unspecified atom stereocenters. The molecule has 8 heterocycles. The number of terminal acetylenes is 1. The first-order valence-electron chi connectivity index (χ1n) is 24.3. The van der Waals surface area contributed by atoms with Gasteiger partial charge in [0.05, 0.1) is 36.5 Å². The zero-order chi connectivity index (χ0) is 54.4. The Hall–Kier alpha value is -8.44. The SMILES string of the molecule is C.C.C#CC1(O)CCOCC1.CN1C(=O)[C@@H](NC(=O)c2cc(Oc3ccccc3)ccn2)COc2c(Br)ccnc21.CN1C(=O)[C@@H](NC(=O)c2cc(Oc3ccccc3)ccn2)COc2c(C#CC3(O)CCOCC3)ccnc21. The molecule has 0 radical (unpaired) electrons. The molecule has 4 aliphatic rings. The zero-order valence-electron chi connectivity index (χ0n) is 41.9. The van der Waals surface area contributed by atoms with E-state index in [2.05, 4.69) is 64.3 Å². The summed E-state index contributed by atoms with van der Waals surface area (Å²) in [6, 6.07) is 26.1. The molecular weight excluding hydrogens is 1080 g/mol. The number of fused-ring (bicyclic) bond motifs is 2. The molecule has 2 saturated heterocycles. The molecule has 2 aromatic carbocycles. The van der Waals surface area contributed by atoms with Gasteiger partial charge in [0.2, 0.25) is 0 Å². The Kier molecular flexibility index (Phi) is 21.0. The number of likely N-dealkylation sites (N-methyl/N-ethyl adjacent to an activating group) is 2. The maximum absolute atomic E-state index is 13.2. The summed E-state index contributed by atoms with van der Waals surface area (Å²) in [6.07, 6.45) is 13.1. The van der Waals surface area contributed by atoms with Crippen molar-refractivity contribution < 1.29 is 57.8 Å². The van der Waals surface area contributed by atoms with Gasteiger partial charge in [0.15, 0.2) is 23.1 Å². The average Bonchev–Trinajstić information content (AvgIpc) is 3.74. The van der Waals surface area contributed by atoms with Crippen LogP contribution in [0.2, 0.25) is 0 Å². The highest BCUT2D eigenvalue weighted by Gasteiger charge is 2.35. The van der Waals surface area contributed by atoms with Crippen molar-refractivity contribution >= 4 is 51.2 Å². The molecule has 10 rings (SSSR count). The van der Waals surface area contributed by atoms with Crippen molar-refractivity contribution in [2.45, 2.75) is 63.8 Å². The van der Waals surface area contributed by atoms with Crippen LogP contribution in [0.25, 0.3) is 0 Å². The van der Waals surface area contributed by atoms with Gasteiger partial charge in [-0.05, 0) is 64.5 Å². The molecule has 0 saturated carbocycles. The normalized spacial score (nSPS) is 17.5. The van der Waals surface area contributed by atoms with Gasteiger partial charge < -0.3 is 49.3 Å². The first-order valence-corrected chi connectivity index (χ1v) is 25.1. The third kappa shape index (κ3) is 15.6. The van der Waals surface area contributed by atoms with Crippen molar-refractivity contribution in [3.63, 3.8) is 0 Å². The van der Waals surface area contributed by atoms with Crippen LogP contribution in [0.1, 0.15) is 67.1 Å². The third-order valence-corrected chi connectivity index (χ3v) is 12.9. The fraction of sp³-hybridized carbons (Fsp3) is 0.310. The quantitative estimate of drug-likeness (QED) is 0.113. The molecule has 20 nitrogen and oxygen atoms in total. The van der Waals surface area contributed by atoms with Crippen molar-refractivity contribution in [2.24, 2.45) is 0 Å². The monoisotopic (exact) mass is 1140 g/mol. The molecule has 0 spiro atoms. The highest BCUT2D eigenvalue weighted by atomic mass is 79.9. The number of hydrogen-bond acceptors (Lipinski definition) is 16. The summed E-state index contributed by atoms with van der Waals surface area (Å²) < 4.78 is 34.2. The zero-order valence-corrected chi connectivity index (χ0v) is 43.5. The van der Waals surface area contributed by atoms with E-state index in [0.717, 1.165) is 0 Å². The molecule has 2 atom stereocenters. The van der Waals surface area contributed by atoms with Crippen LogP contribution in [-0.2, 0) is 19.1 Å². The summed E-state index contributed by atoms with van der Waals surface area (Å²) in [4.78, 5) is 71.2. The first-order chi connectivity index (χ1) is 37.2. The largest absolute Gasteiger partial charge is 0.486 e. The Bertz CT molecular complexity index is 3180. The topological polar surface area (TPSA) is 246 Å². The Morgan fingerprint density at radius 2 is 1.06 bits per heavy atom. The minimum absolute atomic E-state index is 0. The van der Waals surface area contributed by atoms with Crippen molar-refractivity contribution in [3.05, 3.63) is 143 Å². The molecule has 6 aromatic rings. The number of para-hydroxylation sites is 2. The molecule has 4 N–H and O–H groups in total. The van der Waals surface area contributed by atoms with Gasteiger partial charge in [-0.15, -0.1) is 6.42 Å². The molecule has 0 aliphatic carbocycles. The molecule has 4 aliphatic heterocycles. The number of aliphatic hydroxyl groups is 2. The summed E-state index contributed by atoms with van der Waals surface area (Å²) in [5.41, 5.74) is -1.33. The minimum Gasteiger partial charge on any atom is -0.486 e. The predicted molar refractivity (Wildman–Crippen MR) is 297 cm³/mol. The smallest absolute Gasteiger partial charge is 0.270 e. The number of halogens is 1. The van der Waals surface area contributed by atoms with Gasteiger partial charge in [0.1, 0.15) is 70.9 Å². The Morgan fingerprint density at radius 3 is 1.53 bits per heavy atom. The van der Waals surface area contributed by atoms with Crippen molar-refractivity contribution in [3.8, 4) is 58.7 Å². The number of nitrogens with one attached hydrogen (secondary N) is 2. The molecule has 2 fully saturated rings. The lowest BCUT2D eigenvalue weighted by Crippen LogP contribution is -2.49. The first kappa shape index (κ1) is 59.8. The number of amides is 4. The van der Waals surface area contributed by atoms with Gasteiger partial charge in [0, 0.05) is 76.7 Å². The van der Waals surface area contributed by atoms with Gasteiger partial charge in [-0.3, -0.25) is 38.9 Å². The second kappa shape index (κ2) is 27.7. The number of nitrogens with zero attached hydrogens (tertiary/aromatic N) is 6. The van der Waals surface area contributed by atoms with E-state index in [4.69, 9.17) is 34.8 Å². The van der Waals surface area contributed by atoms with E-state index in [1.54, 1.807) is 68.8 Å². The molecule has 21 heteroatoms. The molecule has 4 aromatic heterocycles. The fourth-order valence-electron chi connectivity index (χ4n) is 7.85.